The molecule has 0 saturated carbocycles. The molecule has 0 aliphatic rings. The van der Waals surface area contributed by atoms with Crippen molar-refractivity contribution in [3.63, 3.8) is 0 Å². The summed E-state index contributed by atoms with van der Waals surface area (Å²) in [5, 5.41) is 0. The Kier molecular flexibility index (Phi) is 18.6. The molecule has 0 aromatic heterocycles. The van der Waals surface area contributed by atoms with Crippen molar-refractivity contribution in [2.45, 2.75) is 92.9 Å². The molecule has 0 aliphatic heterocycles. The van der Waals surface area contributed by atoms with Crippen LogP contribution in [0.2, 0.25) is 0 Å². The van der Waals surface area contributed by atoms with Gasteiger partial charge in [0.25, 0.3) is 0 Å². The molecule has 0 heterocycles. The molecular weight excluding hydrogens is 305 g/mol. The second-order valence-corrected chi connectivity index (χ2v) is 7.24. The van der Waals surface area contributed by atoms with Crippen LogP contribution in [0, 0.1) is 24.7 Å². The van der Waals surface area contributed by atoms with Crippen LogP contribution in [-0.4, -0.2) is 0 Å². The Labute approximate surface area is 149 Å². The standard InChI is InChI=1S/2C9H19.Y/c2*1-5-6-7-8-9(2,3)4;/h2*2,5-8H2,1,3-4H3;/q2*-1;. The molecule has 0 rings (SSSR count). The molecule has 0 spiro atoms. The van der Waals surface area contributed by atoms with Gasteiger partial charge in [0.05, 0.1) is 0 Å². The average molecular weight is 343 g/mol. The van der Waals surface area contributed by atoms with Gasteiger partial charge >= 0.3 is 0 Å². The third-order valence-corrected chi connectivity index (χ3v) is 2.91. The first kappa shape index (κ1) is 25.1. The van der Waals surface area contributed by atoms with Crippen molar-refractivity contribution in [1.82, 2.24) is 0 Å². The zero-order chi connectivity index (χ0) is 14.7. The quantitative estimate of drug-likeness (QED) is 0.334. The monoisotopic (exact) mass is 343 g/mol. The fourth-order valence-corrected chi connectivity index (χ4v) is 1.71. The van der Waals surface area contributed by atoms with E-state index in [-0.39, 0.29) is 32.7 Å². The van der Waals surface area contributed by atoms with Crippen molar-refractivity contribution >= 4 is 0 Å². The third kappa shape index (κ3) is 32.5. The molecule has 0 amide bonds. The Bertz CT molecular complexity index is 140. The van der Waals surface area contributed by atoms with E-state index >= 15 is 0 Å². The molecule has 0 N–H and O–H groups in total. The molecule has 0 aromatic carbocycles. The van der Waals surface area contributed by atoms with Crippen molar-refractivity contribution in [3.05, 3.63) is 13.8 Å². The van der Waals surface area contributed by atoms with Crippen molar-refractivity contribution in [1.29, 1.82) is 0 Å². The first-order valence-corrected chi connectivity index (χ1v) is 7.83. The van der Waals surface area contributed by atoms with Crippen molar-refractivity contribution in [3.8, 4) is 0 Å². The van der Waals surface area contributed by atoms with Crippen LogP contribution >= 0.6 is 0 Å². The maximum absolute atomic E-state index is 4.04. The molecule has 1 heteroatoms. The van der Waals surface area contributed by atoms with Gasteiger partial charge in [-0.2, -0.15) is 10.8 Å². The number of hydrogen-bond donors (Lipinski definition) is 0. The first-order chi connectivity index (χ1) is 8.12. The Balaban J connectivity index is -0.000000256. The van der Waals surface area contributed by atoms with E-state index in [0.29, 0.717) is 10.8 Å². The minimum absolute atomic E-state index is 0. The predicted molar refractivity (Wildman–Crippen MR) is 86.6 cm³/mol. The van der Waals surface area contributed by atoms with Crippen molar-refractivity contribution < 1.29 is 32.7 Å². The van der Waals surface area contributed by atoms with Gasteiger partial charge in [0.2, 0.25) is 0 Å². The van der Waals surface area contributed by atoms with Crippen LogP contribution in [0.1, 0.15) is 92.9 Å². The van der Waals surface area contributed by atoms with Gasteiger partial charge < -0.3 is 13.8 Å². The molecular formula is C18H38Y-2. The Morgan fingerprint density at radius 3 is 1.05 bits per heavy atom. The van der Waals surface area contributed by atoms with Crippen LogP contribution in [-0.2, 0) is 32.7 Å². The molecule has 0 bridgehead atoms. The molecule has 1 radical (unpaired) electrons. The van der Waals surface area contributed by atoms with E-state index in [1.807, 2.05) is 0 Å². The van der Waals surface area contributed by atoms with E-state index in [9.17, 15) is 0 Å². The minimum atomic E-state index is 0. The van der Waals surface area contributed by atoms with Crippen LogP contribution < -0.4 is 0 Å². The zero-order valence-corrected chi connectivity index (χ0v) is 17.5. The summed E-state index contributed by atoms with van der Waals surface area (Å²) >= 11 is 0. The predicted octanol–water partition coefficient (Wildman–Crippen LogP) is 6.85. The normalized spacial score (nSPS) is 11.4. The van der Waals surface area contributed by atoms with E-state index in [4.69, 9.17) is 0 Å². The summed E-state index contributed by atoms with van der Waals surface area (Å²) in [5.74, 6) is 0. The second kappa shape index (κ2) is 14.1. The van der Waals surface area contributed by atoms with Gasteiger partial charge in [-0.1, -0.05) is 92.9 Å². The van der Waals surface area contributed by atoms with E-state index in [1.54, 1.807) is 0 Å². The molecule has 19 heavy (non-hydrogen) atoms. The number of hydrogen-bond acceptors (Lipinski definition) is 0. The molecule has 0 atom stereocenters. The molecule has 115 valence electrons. The maximum atomic E-state index is 4.04. The van der Waals surface area contributed by atoms with Crippen LogP contribution in [0.3, 0.4) is 0 Å². The van der Waals surface area contributed by atoms with Crippen LogP contribution in [0.15, 0.2) is 0 Å². The average Bonchev–Trinajstić information content (AvgIpc) is 2.16. The fraction of sp³-hybridized carbons (Fsp3) is 0.889. The van der Waals surface area contributed by atoms with Gasteiger partial charge in [-0.25, -0.2) is 0 Å². The summed E-state index contributed by atoms with van der Waals surface area (Å²) < 4.78 is 0. The van der Waals surface area contributed by atoms with Crippen molar-refractivity contribution in [2.75, 3.05) is 0 Å². The summed E-state index contributed by atoms with van der Waals surface area (Å²) in [4.78, 5) is 0. The van der Waals surface area contributed by atoms with Crippen LogP contribution in [0.25, 0.3) is 0 Å². The maximum Gasteiger partial charge on any atom is 0 e. The molecule has 0 fully saturated rings. The van der Waals surface area contributed by atoms with Gasteiger partial charge in [0.15, 0.2) is 0 Å². The first-order valence-electron chi connectivity index (χ1n) is 7.83. The molecule has 0 unspecified atom stereocenters. The molecule has 0 aromatic rings. The number of unbranched alkanes of at least 4 members (excludes halogenated alkanes) is 4. The van der Waals surface area contributed by atoms with E-state index in [0.717, 1.165) is 0 Å². The Morgan fingerprint density at radius 1 is 0.632 bits per heavy atom. The number of rotatable bonds is 8. The summed E-state index contributed by atoms with van der Waals surface area (Å²) in [7, 11) is 0. The Hall–Kier alpha value is 1.10. The van der Waals surface area contributed by atoms with Crippen molar-refractivity contribution in [2.24, 2.45) is 10.8 Å². The van der Waals surface area contributed by atoms with E-state index in [2.05, 4.69) is 55.4 Å². The zero-order valence-electron chi connectivity index (χ0n) is 14.6. The Morgan fingerprint density at radius 2 is 0.895 bits per heavy atom. The molecule has 0 nitrogen and oxygen atoms in total. The summed E-state index contributed by atoms with van der Waals surface area (Å²) in [6.45, 7) is 21.3. The second-order valence-electron chi connectivity index (χ2n) is 7.24. The van der Waals surface area contributed by atoms with Gasteiger partial charge in [-0.15, -0.1) is 0 Å². The minimum Gasteiger partial charge on any atom is -0.338 e. The molecule has 0 aliphatic carbocycles. The van der Waals surface area contributed by atoms with Crippen LogP contribution in [0.5, 0.6) is 0 Å². The smallest absolute Gasteiger partial charge is 0 e. The van der Waals surface area contributed by atoms with Gasteiger partial charge in [-0.05, 0) is 0 Å². The largest absolute Gasteiger partial charge is 0.338 e. The van der Waals surface area contributed by atoms with Gasteiger partial charge in [0.1, 0.15) is 0 Å². The third-order valence-electron chi connectivity index (χ3n) is 2.91. The van der Waals surface area contributed by atoms with Crippen LogP contribution in [0.4, 0.5) is 0 Å². The van der Waals surface area contributed by atoms with Gasteiger partial charge in [-0.3, -0.25) is 0 Å². The topological polar surface area (TPSA) is 0 Å². The summed E-state index contributed by atoms with van der Waals surface area (Å²) in [6, 6.07) is 0. The summed E-state index contributed by atoms with van der Waals surface area (Å²) in [6.07, 6.45) is 10.6. The van der Waals surface area contributed by atoms with Gasteiger partial charge in [0, 0.05) is 32.7 Å². The summed E-state index contributed by atoms with van der Waals surface area (Å²) in [5.41, 5.74) is 0.602. The van der Waals surface area contributed by atoms with E-state index < -0.39 is 0 Å². The van der Waals surface area contributed by atoms with E-state index in [1.165, 1.54) is 51.4 Å². The fourth-order valence-electron chi connectivity index (χ4n) is 1.71. The SMILES string of the molecule is [CH2-]C(C)(C)CCCCC.[CH2-]C(C)(C)CCCCC.[Y]. The molecule has 0 saturated heterocycles.